The maximum Gasteiger partial charge on any atom is 0.273 e. The summed E-state index contributed by atoms with van der Waals surface area (Å²) in [6.45, 7) is 2.41. The molecule has 0 amide bonds. The van der Waals surface area contributed by atoms with Crippen LogP contribution in [0.15, 0.2) is 23.4 Å². The van der Waals surface area contributed by atoms with Crippen molar-refractivity contribution in [3.8, 4) is 0 Å². The van der Waals surface area contributed by atoms with Crippen LogP contribution in [0.2, 0.25) is 0 Å². The van der Waals surface area contributed by atoms with Crippen molar-refractivity contribution in [2.24, 2.45) is 11.1 Å². The fourth-order valence-corrected chi connectivity index (χ4v) is 3.96. The van der Waals surface area contributed by atoms with Crippen molar-refractivity contribution >= 4 is 26.7 Å². The van der Waals surface area contributed by atoms with Gasteiger partial charge in [-0.25, -0.2) is 23.2 Å². The Morgan fingerprint density at radius 2 is 2.12 bits per heavy atom. The van der Waals surface area contributed by atoms with Gasteiger partial charge in [0.2, 0.25) is 10.0 Å². The van der Waals surface area contributed by atoms with E-state index in [1.54, 1.807) is 0 Å². The number of imidazole rings is 1. The van der Waals surface area contributed by atoms with Crippen LogP contribution >= 0.6 is 0 Å². The molecule has 26 heavy (non-hydrogen) atoms. The molecule has 1 saturated carbocycles. The van der Waals surface area contributed by atoms with E-state index in [9.17, 15) is 23.6 Å². The zero-order valence-corrected chi connectivity index (χ0v) is 15.1. The second-order valence-electron chi connectivity index (χ2n) is 7.03. The van der Waals surface area contributed by atoms with Crippen LogP contribution in [0.1, 0.15) is 32.6 Å². The molecule has 11 heteroatoms. The first kappa shape index (κ1) is 18.5. The van der Waals surface area contributed by atoms with Crippen LogP contribution in [-0.4, -0.2) is 40.3 Å². The number of non-ortho nitro benzene ring substituents is 1. The standard InChI is InChI=1S/C15H21N5O5S/c1-15(21)4-2-10(3-5-15)8-18-19-9-17-14-12(19)6-11(20(22)23)7-13(14)26(16,24)25/h6-7,9-10,18,21H,2-5,8H2,1H3,(H2,16,24,25). The molecule has 1 aliphatic carbocycles. The van der Waals surface area contributed by atoms with Gasteiger partial charge in [-0.2, -0.15) is 0 Å². The number of nitro benzene ring substituents is 1. The number of hydrogen-bond acceptors (Lipinski definition) is 7. The van der Waals surface area contributed by atoms with Crippen LogP contribution in [0, 0.1) is 16.0 Å². The van der Waals surface area contributed by atoms with Crippen LogP contribution in [0.4, 0.5) is 5.69 Å². The molecule has 1 fully saturated rings. The molecule has 2 aromatic rings. The Bertz CT molecular complexity index is 943. The second-order valence-corrected chi connectivity index (χ2v) is 8.56. The summed E-state index contributed by atoms with van der Waals surface area (Å²) in [7, 11) is -4.16. The summed E-state index contributed by atoms with van der Waals surface area (Å²) >= 11 is 0. The van der Waals surface area contributed by atoms with Gasteiger partial charge in [0.25, 0.3) is 5.69 Å². The van der Waals surface area contributed by atoms with E-state index in [2.05, 4.69) is 10.4 Å². The molecule has 1 aromatic heterocycles. The maximum absolute atomic E-state index is 11.8. The molecule has 0 unspecified atom stereocenters. The number of hydrogen-bond donors (Lipinski definition) is 3. The molecule has 0 bridgehead atoms. The Morgan fingerprint density at radius 3 is 2.69 bits per heavy atom. The molecule has 0 aliphatic heterocycles. The number of nitro groups is 1. The van der Waals surface area contributed by atoms with Gasteiger partial charge < -0.3 is 10.5 Å². The lowest BCUT2D eigenvalue weighted by molar-refractivity contribution is -0.384. The number of benzene rings is 1. The quantitative estimate of drug-likeness (QED) is 0.515. The summed E-state index contributed by atoms with van der Waals surface area (Å²) in [5.41, 5.74) is 2.48. The highest BCUT2D eigenvalue weighted by atomic mass is 32.2. The Kier molecular flexibility index (Phi) is 4.63. The van der Waals surface area contributed by atoms with E-state index in [0.29, 0.717) is 25.3 Å². The summed E-state index contributed by atoms with van der Waals surface area (Å²) in [6, 6.07) is 2.17. The number of aliphatic hydroxyl groups is 1. The number of sulfonamides is 1. The van der Waals surface area contributed by atoms with Crippen molar-refractivity contribution in [3.63, 3.8) is 0 Å². The summed E-state index contributed by atoms with van der Waals surface area (Å²) in [4.78, 5) is 14.1. The van der Waals surface area contributed by atoms with E-state index in [0.717, 1.165) is 18.9 Å². The van der Waals surface area contributed by atoms with Gasteiger partial charge in [-0.05, 0) is 38.5 Å². The molecule has 1 aromatic carbocycles. The normalized spacial score (nSPS) is 23.9. The molecule has 10 nitrogen and oxygen atoms in total. The van der Waals surface area contributed by atoms with Crippen LogP contribution in [-0.2, 0) is 10.0 Å². The molecule has 1 aliphatic rings. The molecule has 142 valence electrons. The largest absolute Gasteiger partial charge is 0.390 e. The highest BCUT2D eigenvalue weighted by Gasteiger charge is 2.28. The molecule has 0 spiro atoms. The van der Waals surface area contributed by atoms with Crippen molar-refractivity contribution < 1.29 is 18.4 Å². The van der Waals surface area contributed by atoms with Gasteiger partial charge in [0.1, 0.15) is 16.7 Å². The van der Waals surface area contributed by atoms with Crippen LogP contribution in [0.5, 0.6) is 0 Å². The summed E-state index contributed by atoms with van der Waals surface area (Å²) < 4.78 is 25.0. The maximum atomic E-state index is 11.8. The van der Waals surface area contributed by atoms with E-state index in [4.69, 9.17) is 5.14 Å². The van der Waals surface area contributed by atoms with Crippen molar-refractivity contribution in [3.05, 3.63) is 28.6 Å². The SMILES string of the molecule is CC1(O)CCC(CNn2cnc3c(S(N)(=O)=O)cc([N+](=O)[O-])cc32)CC1. The molecule has 0 saturated heterocycles. The van der Waals surface area contributed by atoms with Gasteiger partial charge in [-0.1, -0.05) is 0 Å². The number of rotatable bonds is 5. The summed E-state index contributed by atoms with van der Waals surface area (Å²) in [5.74, 6) is 0.337. The summed E-state index contributed by atoms with van der Waals surface area (Å²) in [6.07, 6.45) is 4.52. The number of nitrogens with zero attached hydrogens (tertiary/aromatic N) is 3. The van der Waals surface area contributed by atoms with E-state index in [-0.39, 0.29) is 21.6 Å². The van der Waals surface area contributed by atoms with Crippen molar-refractivity contribution in [2.75, 3.05) is 12.0 Å². The van der Waals surface area contributed by atoms with Gasteiger partial charge in [0.15, 0.2) is 0 Å². The van der Waals surface area contributed by atoms with E-state index in [1.165, 1.54) is 17.1 Å². The first-order valence-corrected chi connectivity index (χ1v) is 9.76. The first-order valence-electron chi connectivity index (χ1n) is 8.21. The zero-order chi connectivity index (χ0) is 19.1. The summed E-state index contributed by atoms with van der Waals surface area (Å²) in [5, 5.41) is 26.3. The monoisotopic (exact) mass is 383 g/mol. The van der Waals surface area contributed by atoms with Gasteiger partial charge in [-0.3, -0.25) is 10.1 Å². The van der Waals surface area contributed by atoms with Crippen molar-refractivity contribution in [1.82, 2.24) is 9.66 Å². The molecule has 3 rings (SSSR count). The van der Waals surface area contributed by atoms with Crippen molar-refractivity contribution in [1.29, 1.82) is 0 Å². The molecule has 0 atom stereocenters. The van der Waals surface area contributed by atoms with Gasteiger partial charge in [0, 0.05) is 18.7 Å². The Balaban J connectivity index is 1.88. The molecular formula is C15H21N5O5S. The number of nitrogens with one attached hydrogen (secondary N) is 1. The fraction of sp³-hybridized carbons (Fsp3) is 0.533. The second kappa shape index (κ2) is 6.49. The smallest absolute Gasteiger partial charge is 0.273 e. The van der Waals surface area contributed by atoms with Crippen LogP contribution < -0.4 is 10.6 Å². The minimum absolute atomic E-state index is 0.0807. The van der Waals surface area contributed by atoms with Crippen LogP contribution in [0.3, 0.4) is 0 Å². The van der Waals surface area contributed by atoms with E-state index >= 15 is 0 Å². The van der Waals surface area contributed by atoms with Crippen molar-refractivity contribution in [2.45, 2.75) is 43.1 Å². The van der Waals surface area contributed by atoms with Gasteiger partial charge >= 0.3 is 0 Å². The molecule has 0 radical (unpaired) electrons. The number of aromatic nitrogens is 2. The Labute approximate surface area is 150 Å². The third-order valence-electron chi connectivity index (χ3n) is 4.85. The Hall–Kier alpha value is -2.24. The molecule has 1 heterocycles. The minimum Gasteiger partial charge on any atom is -0.390 e. The minimum atomic E-state index is -4.16. The zero-order valence-electron chi connectivity index (χ0n) is 14.3. The van der Waals surface area contributed by atoms with Crippen LogP contribution in [0.25, 0.3) is 11.0 Å². The predicted octanol–water partition coefficient (Wildman–Crippen LogP) is 1.08. The number of primary sulfonamides is 1. The third-order valence-corrected chi connectivity index (χ3v) is 5.78. The van der Waals surface area contributed by atoms with E-state index < -0.39 is 20.5 Å². The predicted molar refractivity (Wildman–Crippen MR) is 94.6 cm³/mol. The van der Waals surface area contributed by atoms with Gasteiger partial charge in [-0.15, -0.1) is 0 Å². The lowest BCUT2D eigenvalue weighted by Crippen LogP contribution is -2.33. The first-order chi connectivity index (χ1) is 12.1. The lowest BCUT2D eigenvalue weighted by atomic mass is 9.80. The van der Waals surface area contributed by atoms with E-state index in [1.807, 2.05) is 6.92 Å². The van der Waals surface area contributed by atoms with Gasteiger partial charge in [0.05, 0.1) is 16.0 Å². The topological polar surface area (TPSA) is 153 Å². The Morgan fingerprint density at radius 1 is 1.46 bits per heavy atom. The molecule has 4 N–H and O–H groups in total. The lowest BCUT2D eigenvalue weighted by Gasteiger charge is -2.33. The average Bonchev–Trinajstić information content (AvgIpc) is 2.95. The highest BCUT2D eigenvalue weighted by molar-refractivity contribution is 7.89. The third kappa shape index (κ3) is 3.79. The number of fused-ring (bicyclic) bond motifs is 1. The highest BCUT2D eigenvalue weighted by Crippen LogP contribution is 2.31. The molecular weight excluding hydrogens is 362 g/mol. The fourth-order valence-electron chi connectivity index (χ4n) is 3.25. The number of nitrogens with two attached hydrogens (primary N) is 1. The average molecular weight is 383 g/mol.